The summed E-state index contributed by atoms with van der Waals surface area (Å²) in [5.74, 6) is 2.17. The van der Waals surface area contributed by atoms with Crippen molar-refractivity contribution in [1.82, 2.24) is 5.32 Å². The Morgan fingerprint density at radius 1 is 1.26 bits per heavy atom. The van der Waals surface area contributed by atoms with Gasteiger partial charge in [-0.25, -0.2) is 0 Å². The molecular weight excluding hydrogens is 242 g/mol. The van der Waals surface area contributed by atoms with Gasteiger partial charge in [-0.15, -0.1) is 0 Å². The van der Waals surface area contributed by atoms with Gasteiger partial charge in [0.05, 0.1) is 13.7 Å². The molecule has 0 spiro atoms. The van der Waals surface area contributed by atoms with Crippen LogP contribution in [-0.4, -0.2) is 32.8 Å². The van der Waals surface area contributed by atoms with Gasteiger partial charge >= 0.3 is 0 Å². The predicted octanol–water partition coefficient (Wildman–Crippen LogP) is 1.78. The van der Waals surface area contributed by atoms with E-state index in [1.54, 1.807) is 7.11 Å². The first kappa shape index (κ1) is 15.1. The Morgan fingerprint density at radius 3 is 2.58 bits per heavy atom. The van der Waals surface area contributed by atoms with Gasteiger partial charge in [-0.05, 0) is 37.1 Å². The fourth-order valence-electron chi connectivity index (χ4n) is 1.44. The Balaban J connectivity index is 2.13. The normalized spacial score (nSPS) is 11.2. The summed E-state index contributed by atoms with van der Waals surface area (Å²) in [6.07, 6.45) is 1.87. The van der Waals surface area contributed by atoms with Gasteiger partial charge in [-0.2, -0.15) is 0 Å². The smallest absolute Gasteiger partial charge is 0.188 e. The molecule has 0 aliphatic rings. The van der Waals surface area contributed by atoms with Crippen molar-refractivity contribution in [2.45, 2.75) is 19.8 Å². The number of benzene rings is 1. The molecule has 0 aromatic heterocycles. The van der Waals surface area contributed by atoms with Gasteiger partial charge in [-0.3, -0.25) is 4.99 Å². The van der Waals surface area contributed by atoms with E-state index in [-0.39, 0.29) is 0 Å². The minimum Gasteiger partial charge on any atom is -0.497 e. The zero-order chi connectivity index (χ0) is 13.9. The molecule has 0 saturated carbocycles. The molecule has 0 amide bonds. The zero-order valence-electron chi connectivity index (χ0n) is 11.7. The van der Waals surface area contributed by atoms with Crippen molar-refractivity contribution in [3.8, 4) is 11.5 Å². The third kappa shape index (κ3) is 6.55. The van der Waals surface area contributed by atoms with E-state index in [4.69, 9.17) is 15.2 Å². The molecule has 5 nitrogen and oxygen atoms in total. The number of aliphatic imine (C=N–C) groups is 1. The highest BCUT2D eigenvalue weighted by Crippen LogP contribution is 2.16. The molecule has 1 aromatic carbocycles. The van der Waals surface area contributed by atoms with Crippen molar-refractivity contribution in [3.63, 3.8) is 0 Å². The van der Waals surface area contributed by atoms with E-state index in [2.05, 4.69) is 17.2 Å². The quantitative estimate of drug-likeness (QED) is 0.427. The van der Waals surface area contributed by atoms with Gasteiger partial charge in [0.25, 0.3) is 0 Å². The first-order valence-electron chi connectivity index (χ1n) is 6.57. The van der Waals surface area contributed by atoms with E-state index in [9.17, 15) is 0 Å². The van der Waals surface area contributed by atoms with E-state index in [1.807, 2.05) is 24.3 Å². The number of methoxy groups -OCH3 is 1. The second-order valence-corrected chi connectivity index (χ2v) is 4.07. The summed E-state index contributed by atoms with van der Waals surface area (Å²) < 4.78 is 10.7. The summed E-state index contributed by atoms with van der Waals surface area (Å²) in [5.41, 5.74) is 5.67. The number of guanidine groups is 1. The van der Waals surface area contributed by atoms with Gasteiger partial charge < -0.3 is 20.5 Å². The summed E-state index contributed by atoms with van der Waals surface area (Å²) in [7, 11) is 1.64. The summed E-state index contributed by atoms with van der Waals surface area (Å²) in [5, 5.41) is 3.05. The van der Waals surface area contributed by atoms with Crippen LogP contribution >= 0.6 is 0 Å². The fourth-order valence-corrected chi connectivity index (χ4v) is 1.44. The zero-order valence-corrected chi connectivity index (χ0v) is 11.7. The number of nitrogens with one attached hydrogen (secondary N) is 1. The molecule has 0 fully saturated rings. The van der Waals surface area contributed by atoms with Crippen LogP contribution in [0.25, 0.3) is 0 Å². The maximum Gasteiger partial charge on any atom is 0.188 e. The lowest BCUT2D eigenvalue weighted by Gasteiger charge is -2.08. The Labute approximate surface area is 114 Å². The SMILES string of the molecule is CCCN=C(N)NCCCOc1ccc(OC)cc1. The van der Waals surface area contributed by atoms with E-state index in [0.29, 0.717) is 12.6 Å². The van der Waals surface area contributed by atoms with Crippen molar-refractivity contribution in [3.05, 3.63) is 24.3 Å². The molecule has 0 aliphatic carbocycles. The summed E-state index contributed by atoms with van der Waals surface area (Å²) in [4.78, 5) is 4.15. The lowest BCUT2D eigenvalue weighted by molar-refractivity contribution is 0.310. The van der Waals surface area contributed by atoms with Gasteiger partial charge in [0.1, 0.15) is 11.5 Å². The molecular formula is C14H23N3O2. The monoisotopic (exact) mass is 265 g/mol. The molecule has 106 valence electrons. The van der Waals surface area contributed by atoms with Crippen LogP contribution in [0.4, 0.5) is 0 Å². The molecule has 3 N–H and O–H groups in total. The van der Waals surface area contributed by atoms with Crippen LogP contribution in [0, 0.1) is 0 Å². The largest absolute Gasteiger partial charge is 0.497 e. The van der Waals surface area contributed by atoms with Gasteiger partial charge in [0.2, 0.25) is 0 Å². The van der Waals surface area contributed by atoms with E-state index in [0.717, 1.165) is 37.4 Å². The maximum atomic E-state index is 5.67. The first-order valence-corrected chi connectivity index (χ1v) is 6.57. The average Bonchev–Trinajstić information content (AvgIpc) is 2.45. The van der Waals surface area contributed by atoms with Crippen LogP contribution in [0.5, 0.6) is 11.5 Å². The van der Waals surface area contributed by atoms with Crippen molar-refractivity contribution in [2.75, 3.05) is 26.8 Å². The summed E-state index contributed by atoms with van der Waals surface area (Å²) in [6.45, 7) is 4.23. The summed E-state index contributed by atoms with van der Waals surface area (Å²) in [6, 6.07) is 7.54. The standard InChI is InChI=1S/C14H23N3O2/c1-3-9-16-14(15)17-10-4-11-19-13-7-5-12(18-2)6-8-13/h5-8H,3-4,9-11H2,1-2H3,(H3,15,16,17). The molecule has 1 aromatic rings. The molecule has 19 heavy (non-hydrogen) atoms. The van der Waals surface area contributed by atoms with Crippen LogP contribution in [0.2, 0.25) is 0 Å². The molecule has 0 atom stereocenters. The molecule has 0 radical (unpaired) electrons. The second kappa shape index (κ2) is 9.08. The highest BCUT2D eigenvalue weighted by molar-refractivity contribution is 5.77. The summed E-state index contributed by atoms with van der Waals surface area (Å²) >= 11 is 0. The molecule has 0 aliphatic heterocycles. The number of nitrogens with zero attached hydrogens (tertiary/aromatic N) is 1. The van der Waals surface area contributed by atoms with Crippen molar-refractivity contribution in [1.29, 1.82) is 0 Å². The van der Waals surface area contributed by atoms with Crippen molar-refractivity contribution >= 4 is 5.96 Å². The fraction of sp³-hybridized carbons (Fsp3) is 0.500. The molecule has 5 heteroatoms. The molecule has 0 heterocycles. The van der Waals surface area contributed by atoms with Crippen LogP contribution in [0.15, 0.2) is 29.3 Å². The third-order valence-electron chi connectivity index (χ3n) is 2.46. The Hall–Kier alpha value is -1.91. The van der Waals surface area contributed by atoms with Crippen LogP contribution in [0.3, 0.4) is 0 Å². The Bertz CT molecular complexity index is 377. The average molecular weight is 265 g/mol. The number of rotatable bonds is 8. The van der Waals surface area contributed by atoms with Crippen LogP contribution in [0.1, 0.15) is 19.8 Å². The predicted molar refractivity (Wildman–Crippen MR) is 77.9 cm³/mol. The van der Waals surface area contributed by atoms with E-state index >= 15 is 0 Å². The molecule has 1 rings (SSSR count). The van der Waals surface area contributed by atoms with Gasteiger partial charge in [0.15, 0.2) is 5.96 Å². The van der Waals surface area contributed by atoms with E-state index in [1.165, 1.54) is 0 Å². The minimum atomic E-state index is 0.506. The van der Waals surface area contributed by atoms with Gasteiger partial charge in [-0.1, -0.05) is 6.92 Å². The van der Waals surface area contributed by atoms with E-state index < -0.39 is 0 Å². The van der Waals surface area contributed by atoms with Crippen LogP contribution < -0.4 is 20.5 Å². The minimum absolute atomic E-state index is 0.506. The highest BCUT2D eigenvalue weighted by Gasteiger charge is 1.95. The van der Waals surface area contributed by atoms with Crippen LogP contribution in [-0.2, 0) is 0 Å². The topological polar surface area (TPSA) is 68.9 Å². The lowest BCUT2D eigenvalue weighted by atomic mass is 10.3. The number of hydrogen-bond acceptors (Lipinski definition) is 3. The molecule has 0 unspecified atom stereocenters. The first-order chi connectivity index (χ1) is 9.26. The van der Waals surface area contributed by atoms with Gasteiger partial charge in [0, 0.05) is 13.1 Å². The van der Waals surface area contributed by atoms with Crippen molar-refractivity contribution < 1.29 is 9.47 Å². The second-order valence-electron chi connectivity index (χ2n) is 4.07. The van der Waals surface area contributed by atoms with Crippen molar-refractivity contribution in [2.24, 2.45) is 10.7 Å². The number of ether oxygens (including phenoxy) is 2. The number of hydrogen-bond donors (Lipinski definition) is 2. The molecule has 0 bridgehead atoms. The lowest BCUT2D eigenvalue weighted by Crippen LogP contribution is -2.33. The maximum absolute atomic E-state index is 5.67. The molecule has 0 saturated heterocycles. The Morgan fingerprint density at radius 2 is 1.95 bits per heavy atom. The Kier molecular flexibility index (Phi) is 7.24. The number of nitrogens with two attached hydrogens (primary N) is 1. The highest BCUT2D eigenvalue weighted by atomic mass is 16.5. The third-order valence-corrected chi connectivity index (χ3v) is 2.46.